The van der Waals surface area contributed by atoms with E-state index in [0.29, 0.717) is 18.0 Å². The lowest BCUT2D eigenvalue weighted by molar-refractivity contribution is -0.118. The SMILES string of the molecule is Cc1ccsc1CNC(=O)N[C@@H](C)c1ccc2c(c1)NC(=O)CO2. The van der Waals surface area contributed by atoms with Gasteiger partial charge in [0.15, 0.2) is 6.61 Å². The molecule has 0 unspecified atom stereocenters. The molecule has 2 heterocycles. The van der Waals surface area contributed by atoms with Crippen LogP contribution in [0, 0.1) is 6.92 Å². The molecule has 1 aliphatic heterocycles. The first kappa shape index (κ1) is 16.3. The van der Waals surface area contributed by atoms with Gasteiger partial charge in [0.1, 0.15) is 5.75 Å². The van der Waals surface area contributed by atoms with E-state index in [2.05, 4.69) is 16.0 Å². The van der Waals surface area contributed by atoms with Crippen LogP contribution in [0.1, 0.15) is 29.0 Å². The number of rotatable bonds is 4. The second kappa shape index (κ2) is 6.92. The molecule has 24 heavy (non-hydrogen) atoms. The van der Waals surface area contributed by atoms with E-state index in [9.17, 15) is 9.59 Å². The van der Waals surface area contributed by atoms with Crippen LogP contribution in [0.5, 0.6) is 5.75 Å². The zero-order valence-electron chi connectivity index (χ0n) is 13.5. The van der Waals surface area contributed by atoms with Crippen molar-refractivity contribution in [2.75, 3.05) is 11.9 Å². The van der Waals surface area contributed by atoms with Crippen molar-refractivity contribution in [3.05, 3.63) is 45.6 Å². The first-order valence-electron chi connectivity index (χ1n) is 7.67. The third kappa shape index (κ3) is 3.68. The molecule has 0 radical (unpaired) electrons. The standard InChI is InChI=1S/C17H19N3O3S/c1-10-5-6-24-15(10)8-18-17(22)19-11(2)12-3-4-14-13(7-12)20-16(21)9-23-14/h3-7,11H,8-9H2,1-2H3,(H,20,21)(H2,18,19,22)/t11-/m0/s1. The summed E-state index contributed by atoms with van der Waals surface area (Å²) in [4.78, 5) is 24.6. The molecule has 1 aliphatic rings. The molecule has 0 spiro atoms. The number of hydrogen-bond acceptors (Lipinski definition) is 4. The van der Waals surface area contributed by atoms with Gasteiger partial charge in [0.25, 0.3) is 5.91 Å². The molecular weight excluding hydrogens is 326 g/mol. The van der Waals surface area contributed by atoms with Crippen molar-refractivity contribution in [1.29, 1.82) is 0 Å². The average molecular weight is 345 g/mol. The number of benzene rings is 1. The Morgan fingerprint density at radius 1 is 1.42 bits per heavy atom. The number of anilines is 1. The highest BCUT2D eigenvalue weighted by molar-refractivity contribution is 7.10. The minimum absolute atomic E-state index is 0.0324. The summed E-state index contributed by atoms with van der Waals surface area (Å²) in [6.45, 7) is 4.46. The van der Waals surface area contributed by atoms with Crippen molar-refractivity contribution in [2.45, 2.75) is 26.4 Å². The third-order valence-electron chi connectivity index (χ3n) is 3.86. The molecule has 0 bridgehead atoms. The van der Waals surface area contributed by atoms with Gasteiger partial charge in [0.2, 0.25) is 0 Å². The number of aryl methyl sites for hydroxylation is 1. The fourth-order valence-corrected chi connectivity index (χ4v) is 3.29. The lowest BCUT2D eigenvalue weighted by Gasteiger charge is -2.21. The monoisotopic (exact) mass is 345 g/mol. The summed E-state index contributed by atoms with van der Waals surface area (Å²) in [7, 11) is 0. The van der Waals surface area contributed by atoms with E-state index in [0.717, 1.165) is 10.4 Å². The van der Waals surface area contributed by atoms with Crippen LogP contribution in [0.4, 0.5) is 10.5 Å². The molecule has 1 aromatic heterocycles. The van der Waals surface area contributed by atoms with Crippen LogP contribution >= 0.6 is 11.3 Å². The van der Waals surface area contributed by atoms with Crippen LogP contribution in [0.15, 0.2) is 29.6 Å². The minimum Gasteiger partial charge on any atom is -0.482 e. The predicted octanol–water partition coefficient (Wildman–Crippen LogP) is 2.95. The van der Waals surface area contributed by atoms with Gasteiger partial charge in [-0.3, -0.25) is 4.79 Å². The first-order valence-corrected chi connectivity index (χ1v) is 8.55. The van der Waals surface area contributed by atoms with Gasteiger partial charge in [-0.05, 0) is 48.6 Å². The van der Waals surface area contributed by atoms with Crippen LogP contribution in [0.3, 0.4) is 0 Å². The van der Waals surface area contributed by atoms with Crippen molar-refractivity contribution in [2.24, 2.45) is 0 Å². The number of urea groups is 1. The Morgan fingerprint density at radius 3 is 3.00 bits per heavy atom. The van der Waals surface area contributed by atoms with E-state index >= 15 is 0 Å². The number of thiophene rings is 1. The van der Waals surface area contributed by atoms with Gasteiger partial charge in [0.05, 0.1) is 18.3 Å². The molecule has 3 N–H and O–H groups in total. The molecule has 0 fully saturated rings. The van der Waals surface area contributed by atoms with Crippen molar-refractivity contribution in [1.82, 2.24) is 10.6 Å². The normalized spacial score (nSPS) is 14.2. The second-order valence-corrected chi connectivity index (χ2v) is 6.67. The van der Waals surface area contributed by atoms with E-state index in [1.807, 2.05) is 37.4 Å². The number of amides is 3. The zero-order chi connectivity index (χ0) is 17.1. The number of hydrogen-bond donors (Lipinski definition) is 3. The van der Waals surface area contributed by atoms with Gasteiger partial charge in [-0.15, -0.1) is 11.3 Å². The maximum Gasteiger partial charge on any atom is 0.315 e. The summed E-state index contributed by atoms with van der Waals surface area (Å²) in [6, 6.07) is 7.11. The third-order valence-corrected chi connectivity index (χ3v) is 4.88. The Bertz CT molecular complexity index is 772. The highest BCUT2D eigenvalue weighted by Gasteiger charge is 2.18. The Hall–Kier alpha value is -2.54. The van der Waals surface area contributed by atoms with E-state index in [4.69, 9.17) is 4.74 Å². The van der Waals surface area contributed by atoms with E-state index < -0.39 is 0 Å². The maximum absolute atomic E-state index is 12.1. The minimum atomic E-state index is -0.228. The van der Waals surface area contributed by atoms with E-state index in [1.165, 1.54) is 5.56 Å². The van der Waals surface area contributed by atoms with Crippen molar-refractivity contribution in [3.63, 3.8) is 0 Å². The topological polar surface area (TPSA) is 79.5 Å². The lowest BCUT2D eigenvalue weighted by Crippen LogP contribution is -2.36. The van der Waals surface area contributed by atoms with Gasteiger partial charge < -0.3 is 20.7 Å². The zero-order valence-corrected chi connectivity index (χ0v) is 14.3. The molecule has 6 nitrogen and oxygen atoms in total. The summed E-state index contributed by atoms with van der Waals surface area (Å²) in [5.41, 5.74) is 2.70. The number of ether oxygens (including phenoxy) is 1. The number of nitrogens with one attached hydrogen (secondary N) is 3. The molecule has 3 amide bonds. The number of carbonyl (C=O) groups is 2. The van der Waals surface area contributed by atoms with Crippen molar-refractivity contribution >= 4 is 29.0 Å². The molecule has 1 atom stereocenters. The number of carbonyl (C=O) groups excluding carboxylic acids is 2. The van der Waals surface area contributed by atoms with Crippen molar-refractivity contribution < 1.29 is 14.3 Å². The summed E-state index contributed by atoms with van der Waals surface area (Å²) < 4.78 is 5.33. The molecule has 126 valence electrons. The molecule has 0 saturated heterocycles. The summed E-state index contributed by atoms with van der Waals surface area (Å²) in [5, 5.41) is 10.5. The molecule has 3 rings (SSSR count). The van der Waals surface area contributed by atoms with Crippen LogP contribution in [0.2, 0.25) is 0 Å². The summed E-state index contributed by atoms with van der Waals surface area (Å²) >= 11 is 1.63. The summed E-state index contributed by atoms with van der Waals surface area (Å²) in [5.74, 6) is 0.465. The van der Waals surface area contributed by atoms with Crippen LogP contribution in [0.25, 0.3) is 0 Å². The van der Waals surface area contributed by atoms with Crippen LogP contribution in [-0.2, 0) is 11.3 Å². The highest BCUT2D eigenvalue weighted by atomic mass is 32.1. The van der Waals surface area contributed by atoms with E-state index in [-0.39, 0.29) is 24.6 Å². The smallest absolute Gasteiger partial charge is 0.315 e. The second-order valence-electron chi connectivity index (χ2n) is 5.67. The quantitative estimate of drug-likeness (QED) is 0.797. The lowest BCUT2D eigenvalue weighted by atomic mass is 10.1. The van der Waals surface area contributed by atoms with Crippen LogP contribution < -0.4 is 20.7 Å². The Balaban J connectivity index is 1.59. The molecule has 0 saturated carbocycles. The molecule has 1 aromatic carbocycles. The molecular formula is C17H19N3O3S. The molecule has 0 aliphatic carbocycles. The largest absolute Gasteiger partial charge is 0.482 e. The van der Waals surface area contributed by atoms with Gasteiger partial charge in [0, 0.05) is 4.88 Å². The fraction of sp³-hybridized carbons (Fsp3) is 0.294. The molecule has 7 heteroatoms. The first-order chi connectivity index (χ1) is 11.5. The Morgan fingerprint density at radius 2 is 2.25 bits per heavy atom. The molecule has 2 aromatic rings. The fourth-order valence-electron chi connectivity index (χ4n) is 2.45. The highest BCUT2D eigenvalue weighted by Crippen LogP contribution is 2.30. The Labute approximate surface area is 144 Å². The average Bonchev–Trinajstić information content (AvgIpc) is 2.97. The van der Waals surface area contributed by atoms with Crippen molar-refractivity contribution in [3.8, 4) is 5.75 Å². The van der Waals surface area contributed by atoms with Gasteiger partial charge in [-0.2, -0.15) is 0 Å². The summed E-state index contributed by atoms with van der Waals surface area (Å²) in [6.07, 6.45) is 0. The van der Waals surface area contributed by atoms with E-state index in [1.54, 1.807) is 17.4 Å². The van der Waals surface area contributed by atoms with Crippen LogP contribution in [-0.4, -0.2) is 18.5 Å². The van der Waals surface area contributed by atoms with Gasteiger partial charge >= 0.3 is 6.03 Å². The number of fused-ring (bicyclic) bond motifs is 1. The predicted molar refractivity (Wildman–Crippen MR) is 93.4 cm³/mol. The van der Waals surface area contributed by atoms with Gasteiger partial charge in [-0.25, -0.2) is 4.79 Å². The Kier molecular flexibility index (Phi) is 4.71. The van der Waals surface area contributed by atoms with Gasteiger partial charge in [-0.1, -0.05) is 6.07 Å². The maximum atomic E-state index is 12.1.